The lowest BCUT2D eigenvalue weighted by Crippen LogP contribution is -2.17. The summed E-state index contributed by atoms with van der Waals surface area (Å²) in [6, 6.07) is 7.05. The van der Waals surface area contributed by atoms with Gasteiger partial charge in [0, 0.05) is 6.20 Å². The van der Waals surface area contributed by atoms with E-state index in [0.717, 1.165) is 16.5 Å². The number of benzene rings is 1. The lowest BCUT2D eigenvalue weighted by molar-refractivity contribution is 0.0951. The summed E-state index contributed by atoms with van der Waals surface area (Å²) in [4.78, 5) is 14.6. The summed E-state index contributed by atoms with van der Waals surface area (Å²) in [7, 11) is 1.58. The highest BCUT2D eigenvalue weighted by Crippen LogP contribution is 2.36. The molecule has 0 spiro atoms. The number of carbonyl (C=O) groups excluding carboxylic acids is 1. The molecule has 0 aliphatic heterocycles. The normalized spacial score (nSPS) is 10.7. The Morgan fingerprint density at radius 1 is 1.48 bits per heavy atom. The Kier molecular flexibility index (Phi) is 6.22. The molecule has 23 heavy (non-hydrogen) atoms. The minimum Gasteiger partial charge on any atom is -0.493 e. The van der Waals surface area contributed by atoms with Crippen molar-refractivity contribution in [2.24, 2.45) is 5.10 Å². The zero-order chi connectivity index (χ0) is 16.7. The van der Waals surface area contributed by atoms with Crippen LogP contribution in [0.1, 0.15) is 29.4 Å². The largest absolute Gasteiger partial charge is 0.493 e. The number of methoxy groups -OCH3 is 1. The van der Waals surface area contributed by atoms with Crippen molar-refractivity contribution in [3.63, 3.8) is 0 Å². The third-order valence-corrected chi connectivity index (χ3v) is 3.51. The average Bonchev–Trinajstić information content (AvgIpc) is 3.08. The first-order chi connectivity index (χ1) is 11.2. The van der Waals surface area contributed by atoms with Gasteiger partial charge < -0.3 is 14.5 Å². The van der Waals surface area contributed by atoms with Gasteiger partial charge >= 0.3 is 0 Å². The standard InChI is InChI=1S/C16H18BrN3O3/c1-3-7-23-15-12(17)8-11(9-14(15)22-2)10-19-20-16(21)13-5-4-6-18-13/h4-6,8-10,18H,3,7H2,1-2H3,(H,20,21)/b19-10-. The molecule has 0 atom stereocenters. The number of ether oxygens (including phenoxy) is 2. The number of rotatable bonds is 7. The number of halogens is 1. The number of nitrogens with one attached hydrogen (secondary N) is 2. The molecule has 0 radical (unpaired) electrons. The van der Waals surface area contributed by atoms with Crippen molar-refractivity contribution in [3.8, 4) is 11.5 Å². The molecule has 2 rings (SSSR count). The van der Waals surface area contributed by atoms with Crippen molar-refractivity contribution in [1.29, 1.82) is 0 Å². The molecule has 2 N–H and O–H groups in total. The number of aromatic nitrogens is 1. The van der Waals surface area contributed by atoms with Crippen LogP contribution in [0.5, 0.6) is 11.5 Å². The molecule has 0 aliphatic carbocycles. The van der Waals surface area contributed by atoms with Gasteiger partial charge in [-0.05, 0) is 52.2 Å². The molecule has 1 heterocycles. The molecule has 0 saturated carbocycles. The highest BCUT2D eigenvalue weighted by atomic mass is 79.9. The van der Waals surface area contributed by atoms with E-state index in [1.165, 1.54) is 6.21 Å². The van der Waals surface area contributed by atoms with Crippen molar-refractivity contribution in [2.75, 3.05) is 13.7 Å². The molecular formula is C16H18BrN3O3. The number of aromatic amines is 1. The van der Waals surface area contributed by atoms with Crippen LogP contribution in [0, 0.1) is 0 Å². The van der Waals surface area contributed by atoms with Crippen molar-refractivity contribution in [3.05, 3.63) is 46.2 Å². The molecular weight excluding hydrogens is 362 g/mol. The third kappa shape index (κ3) is 4.59. The Bertz CT molecular complexity index is 684. The number of hydrazone groups is 1. The molecule has 0 bridgehead atoms. The monoisotopic (exact) mass is 379 g/mol. The Balaban J connectivity index is 2.09. The Morgan fingerprint density at radius 2 is 2.30 bits per heavy atom. The number of carbonyl (C=O) groups is 1. The van der Waals surface area contributed by atoms with E-state index in [-0.39, 0.29) is 5.91 Å². The highest BCUT2D eigenvalue weighted by molar-refractivity contribution is 9.10. The lowest BCUT2D eigenvalue weighted by atomic mass is 10.2. The second-order valence-corrected chi connectivity index (χ2v) is 5.52. The highest BCUT2D eigenvalue weighted by Gasteiger charge is 2.11. The zero-order valence-electron chi connectivity index (χ0n) is 12.9. The molecule has 0 fully saturated rings. The summed E-state index contributed by atoms with van der Waals surface area (Å²) in [5.41, 5.74) is 3.67. The summed E-state index contributed by atoms with van der Waals surface area (Å²) < 4.78 is 11.8. The van der Waals surface area contributed by atoms with Crippen LogP contribution in [0.3, 0.4) is 0 Å². The van der Waals surface area contributed by atoms with Crippen LogP contribution in [0.15, 0.2) is 40.0 Å². The van der Waals surface area contributed by atoms with Gasteiger partial charge in [-0.15, -0.1) is 0 Å². The van der Waals surface area contributed by atoms with Gasteiger partial charge in [0.1, 0.15) is 5.69 Å². The van der Waals surface area contributed by atoms with Gasteiger partial charge in [-0.2, -0.15) is 5.10 Å². The summed E-state index contributed by atoms with van der Waals surface area (Å²) in [5.74, 6) is 0.951. The van der Waals surface area contributed by atoms with Gasteiger partial charge in [0.05, 0.1) is 24.4 Å². The van der Waals surface area contributed by atoms with E-state index in [1.807, 2.05) is 13.0 Å². The van der Waals surface area contributed by atoms with Gasteiger partial charge in [-0.1, -0.05) is 6.92 Å². The summed E-state index contributed by atoms with van der Waals surface area (Å²) in [5, 5.41) is 3.94. The van der Waals surface area contributed by atoms with Gasteiger partial charge in [0.2, 0.25) is 0 Å². The van der Waals surface area contributed by atoms with Crippen LogP contribution in [0.2, 0.25) is 0 Å². The van der Waals surface area contributed by atoms with Crippen LogP contribution >= 0.6 is 15.9 Å². The summed E-state index contributed by atoms with van der Waals surface area (Å²) >= 11 is 3.46. The fraction of sp³-hybridized carbons (Fsp3) is 0.250. The van der Waals surface area contributed by atoms with Crippen LogP contribution in [0.4, 0.5) is 0 Å². The maximum absolute atomic E-state index is 11.7. The minimum absolute atomic E-state index is 0.305. The maximum Gasteiger partial charge on any atom is 0.287 e. The van der Waals surface area contributed by atoms with E-state index in [0.29, 0.717) is 23.8 Å². The molecule has 7 heteroatoms. The smallest absolute Gasteiger partial charge is 0.287 e. The van der Waals surface area contributed by atoms with E-state index < -0.39 is 0 Å². The predicted octanol–water partition coefficient (Wildman–Crippen LogP) is 3.34. The number of nitrogens with zero attached hydrogens (tertiary/aromatic N) is 1. The topological polar surface area (TPSA) is 75.7 Å². The number of H-pyrrole nitrogens is 1. The predicted molar refractivity (Wildman–Crippen MR) is 92.3 cm³/mol. The fourth-order valence-electron chi connectivity index (χ4n) is 1.86. The van der Waals surface area contributed by atoms with E-state index in [4.69, 9.17) is 9.47 Å². The third-order valence-electron chi connectivity index (χ3n) is 2.92. The summed E-state index contributed by atoms with van der Waals surface area (Å²) in [6.07, 6.45) is 4.12. The van der Waals surface area contributed by atoms with Crippen LogP contribution in [-0.4, -0.2) is 30.8 Å². The average molecular weight is 380 g/mol. The second kappa shape index (κ2) is 8.38. The molecule has 1 aromatic heterocycles. The molecule has 1 aromatic carbocycles. The number of amides is 1. The van der Waals surface area contributed by atoms with Crippen LogP contribution in [0.25, 0.3) is 0 Å². The van der Waals surface area contributed by atoms with Gasteiger partial charge in [0.15, 0.2) is 11.5 Å². The van der Waals surface area contributed by atoms with Gasteiger partial charge in [0.25, 0.3) is 5.91 Å². The summed E-state index contributed by atoms with van der Waals surface area (Å²) in [6.45, 7) is 2.64. The first-order valence-corrected chi connectivity index (χ1v) is 7.92. The lowest BCUT2D eigenvalue weighted by Gasteiger charge is -2.12. The molecule has 2 aromatic rings. The van der Waals surface area contributed by atoms with Crippen molar-refractivity contribution >= 4 is 28.1 Å². The first kappa shape index (κ1) is 17.1. The van der Waals surface area contributed by atoms with Crippen molar-refractivity contribution in [1.82, 2.24) is 10.4 Å². The Labute approximate surface area is 143 Å². The number of hydrogen-bond acceptors (Lipinski definition) is 4. The van der Waals surface area contributed by atoms with E-state index >= 15 is 0 Å². The SMILES string of the molecule is CCCOc1c(Br)cc(/C=N\NC(=O)c2ccc[nH]2)cc1OC. The van der Waals surface area contributed by atoms with Crippen LogP contribution in [-0.2, 0) is 0 Å². The molecule has 0 unspecified atom stereocenters. The van der Waals surface area contributed by atoms with E-state index in [9.17, 15) is 4.79 Å². The zero-order valence-corrected chi connectivity index (χ0v) is 14.5. The van der Waals surface area contributed by atoms with Crippen LogP contribution < -0.4 is 14.9 Å². The minimum atomic E-state index is -0.305. The van der Waals surface area contributed by atoms with Gasteiger partial charge in [-0.25, -0.2) is 5.43 Å². The Morgan fingerprint density at radius 3 is 2.96 bits per heavy atom. The molecule has 122 valence electrons. The van der Waals surface area contributed by atoms with Crippen molar-refractivity contribution < 1.29 is 14.3 Å². The Hall–Kier alpha value is -2.28. The van der Waals surface area contributed by atoms with E-state index in [2.05, 4.69) is 31.4 Å². The second-order valence-electron chi connectivity index (χ2n) is 4.67. The first-order valence-electron chi connectivity index (χ1n) is 7.12. The molecule has 1 amide bonds. The van der Waals surface area contributed by atoms with Crippen molar-refractivity contribution in [2.45, 2.75) is 13.3 Å². The number of hydrogen-bond donors (Lipinski definition) is 2. The quantitative estimate of drug-likeness (QED) is 0.572. The van der Waals surface area contributed by atoms with Gasteiger partial charge in [-0.3, -0.25) is 4.79 Å². The molecule has 0 aliphatic rings. The van der Waals surface area contributed by atoms with E-state index in [1.54, 1.807) is 31.5 Å². The molecule has 6 nitrogen and oxygen atoms in total. The fourth-order valence-corrected chi connectivity index (χ4v) is 2.43. The molecule has 0 saturated heterocycles. The maximum atomic E-state index is 11.7.